The SMILES string of the molecule is CC(C)(C)C(=O)SCCCP(=O)(OCCSC(=O)C(C)(C)C)OC[C@H]1O[C@@](C#N)(c2ccc3c(N)ncnn23)[C@H](O)[C@@H]1O. The van der Waals surface area contributed by atoms with Gasteiger partial charge in [0.15, 0.2) is 16.0 Å². The number of aliphatic hydroxyl groups is 2. The molecule has 4 N–H and O–H groups in total. The first kappa shape index (κ1) is 35.5. The molecule has 2 aromatic heterocycles. The molecule has 1 aliphatic heterocycles. The van der Waals surface area contributed by atoms with E-state index < -0.39 is 48.9 Å². The van der Waals surface area contributed by atoms with Crippen LogP contribution in [0.2, 0.25) is 0 Å². The first-order valence-corrected chi connectivity index (χ1v) is 17.4. The van der Waals surface area contributed by atoms with Crippen LogP contribution < -0.4 is 5.73 Å². The zero-order valence-corrected chi connectivity index (χ0v) is 27.7. The van der Waals surface area contributed by atoms with E-state index in [2.05, 4.69) is 10.1 Å². The molecule has 1 unspecified atom stereocenters. The molecule has 3 heterocycles. The number of hydrogen-bond acceptors (Lipinski definition) is 14. The van der Waals surface area contributed by atoms with Crippen molar-refractivity contribution in [2.75, 3.05) is 36.6 Å². The van der Waals surface area contributed by atoms with Crippen LogP contribution in [0, 0.1) is 22.2 Å². The van der Waals surface area contributed by atoms with Crippen molar-refractivity contribution >= 4 is 52.7 Å². The van der Waals surface area contributed by atoms with E-state index in [1.165, 1.54) is 16.9 Å². The largest absolute Gasteiger partial charge is 0.387 e. The van der Waals surface area contributed by atoms with E-state index in [9.17, 15) is 29.6 Å². The van der Waals surface area contributed by atoms with E-state index in [0.717, 1.165) is 23.5 Å². The van der Waals surface area contributed by atoms with Crippen LogP contribution in [-0.4, -0.2) is 84.2 Å². The highest BCUT2D eigenvalue weighted by Gasteiger charge is 2.58. The summed E-state index contributed by atoms with van der Waals surface area (Å²) >= 11 is 2.19. The number of aliphatic hydroxyl groups excluding tert-OH is 2. The van der Waals surface area contributed by atoms with E-state index in [0.29, 0.717) is 17.7 Å². The zero-order valence-electron chi connectivity index (χ0n) is 25.2. The highest BCUT2D eigenvalue weighted by Crippen LogP contribution is 2.50. The molecule has 0 radical (unpaired) electrons. The third kappa shape index (κ3) is 8.38. The summed E-state index contributed by atoms with van der Waals surface area (Å²) in [5, 5.41) is 36.0. The Morgan fingerprint density at radius 1 is 1.14 bits per heavy atom. The first-order valence-electron chi connectivity index (χ1n) is 13.7. The summed E-state index contributed by atoms with van der Waals surface area (Å²) < 4.78 is 32.4. The molecule has 0 aliphatic carbocycles. The van der Waals surface area contributed by atoms with Crippen LogP contribution >= 0.6 is 31.1 Å². The lowest BCUT2D eigenvalue weighted by atomic mass is 9.92. The average molecular weight is 658 g/mol. The molecular formula is C27H40N5O8PS2. The minimum Gasteiger partial charge on any atom is -0.387 e. The van der Waals surface area contributed by atoms with E-state index >= 15 is 0 Å². The monoisotopic (exact) mass is 657 g/mol. The van der Waals surface area contributed by atoms with Crippen LogP contribution in [0.5, 0.6) is 0 Å². The van der Waals surface area contributed by atoms with Crippen LogP contribution in [0.3, 0.4) is 0 Å². The Hall–Kier alpha value is -2.02. The van der Waals surface area contributed by atoms with E-state index in [1.807, 2.05) is 26.8 Å². The highest BCUT2D eigenvalue weighted by atomic mass is 32.2. The van der Waals surface area contributed by atoms with E-state index in [1.54, 1.807) is 26.8 Å². The number of anilines is 1. The molecule has 1 saturated heterocycles. The van der Waals surface area contributed by atoms with Crippen LogP contribution in [-0.2, 0) is 33.5 Å². The van der Waals surface area contributed by atoms with Crippen molar-refractivity contribution in [1.82, 2.24) is 14.6 Å². The van der Waals surface area contributed by atoms with Crippen molar-refractivity contribution in [2.45, 2.75) is 71.9 Å². The maximum absolute atomic E-state index is 13.8. The third-order valence-electron chi connectivity index (χ3n) is 6.56. The van der Waals surface area contributed by atoms with Gasteiger partial charge < -0.3 is 29.7 Å². The van der Waals surface area contributed by atoms with Gasteiger partial charge in [-0.2, -0.15) is 10.4 Å². The summed E-state index contributed by atoms with van der Waals surface area (Å²) in [6, 6.07) is 5.00. The molecule has 1 aliphatic rings. The summed E-state index contributed by atoms with van der Waals surface area (Å²) in [7, 11) is -3.82. The molecule has 43 heavy (non-hydrogen) atoms. The van der Waals surface area contributed by atoms with Crippen LogP contribution in [0.4, 0.5) is 5.82 Å². The molecule has 13 nitrogen and oxygen atoms in total. The van der Waals surface area contributed by atoms with E-state index in [4.69, 9.17) is 19.5 Å². The Labute approximate surface area is 259 Å². The second kappa shape index (κ2) is 14.0. The second-order valence-electron chi connectivity index (χ2n) is 12.2. The first-order chi connectivity index (χ1) is 19.9. The van der Waals surface area contributed by atoms with Crippen molar-refractivity contribution in [3.63, 3.8) is 0 Å². The van der Waals surface area contributed by atoms with Gasteiger partial charge in [0, 0.05) is 22.3 Å². The Morgan fingerprint density at radius 2 is 1.77 bits per heavy atom. The number of nitrogen functional groups attached to an aromatic ring is 1. The van der Waals surface area contributed by atoms with Crippen molar-refractivity contribution in [2.24, 2.45) is 10.8 Å². The summed E-state index contributed by atoms with van der Waals surface area (Å²) in [6.45, 7) is 10.3. The number of carbonyl (C=O) groups excluding carboxylic acids is 2. The Bertz CT molecular complexity index is 1360. The lowest BCUT2D eigenvalue weighted by molar-refractivity contribution is -0.118. The molecule has 0 bridgehead atoms. The quantitative estimate of drug-likeness (QED) is 0.222. The van der Waals surface area contributed by atoms with Gasteiger partial charge in [-0.25, -0.2) is 9.50 Å². The fraction of sp³-hybridized carbons (Fsp3) is 0.667. The maximum Gasteiger partial charge on any atom is 0.330 e. The van der Waals surface area contributed by atoms with Gasteiger partial charge in [-0.1, -0.05) is 65.1 Å². The molecular weight excluding hydrogens is 617 g/mol. The predicted octanol–water partition coefficient (Wildman–Crippen LogP) is 3.38. The molecule has 16 heteroatoms. The molecule has 0 amide bonds. The molecule has 2 aromatic rings. The fourth-order valence-electron chi connectivity index (χ4n) is 4.07. The molecule has 3 rings (SSSR count). The van der Waals surface area contributed by atoms with Gasteiger partial charge in [0.2, 0.25) is 5.60 Å². The number of hydrogen-bond donors (Lipinski definition) is 3. The van der Waals surface area contributed by atoms with Crippen LogP contribution in [0.1, 0.15) is 53.7 Å². The van der Waals surface area contributed by atoms with Crippen molar-refractivity contribution in [3.8, 4) is 6.07 Å². The van der Waals surface area contributed by atoms with E-state index in [-0.39, 0.29) is 40.3 Å². The number of nitriles is 1. The molecule has 238 valence electrons. The van der Waals surface area contributed by atoms with Crippen LogP contribution in [0.15, 0.2) is 18.5 Å². The van der Waals surface area contributed by atoms with Gasteiger partial charge in [0.05, 0.1) is 25.1 Å². The van der Waals surface area contributed by atoms with Crippen molar-refractivity contribution < 1.29 is 38.2 Å². The number of nitrogens with zero attached hydrogens (tertiary/aromatic N) is 4. The minimum absolute atomic E-state index is 0.00416. The lowest BCUT2D eigenvalue weighted by Crippen LogP contribution is -2.41. The summed E-state index contributed by atoms with van der Waals surface area (Å²) in [6.07, 6.45) is -3.08. The number of thioether (sulfide) groups is 2. The number of ether oxygens (including phenoxy) is 1. The van der Waals surface area contributed by atoms with Gasteiger partial charge >= 0.3 is 7.60 Å². The maximum atomic E-state index is 13.8. The molecule has 1 fully saturated rings. The number of carbonyl (C=O) groups is 2. The number of nitrogens with two attached hydrogens (primary N) is 1. The normalized spacial score (nSPS) is 24.1. The topological polar surface area (TPSA) is 199 Å². The van der Waals surface area contributed by atoms with Gasteiger partial charge in [0.1, 0.15) is 36.2 Å². The predicted molar refractivity (Wildman–Crippen MR) is 164 cm³/mol. The summed E-state index contributed by atoms with van der Waals surface area (Å²) in [5.41, 5.74) is 3.28. The number of fused-ring (bicyclic) bond motifs is 1. The molecule has 0 saturated carbocycles. The standard InChI is InChI=1S/C27H40N5O8PS2/c1-25(2,3)23(35)42-12-7-11-41(37,38-10-13-43-24(36)26(4,5)6)39-14-18-20(33)21(34)27(15-28,40-18)19-9-8-17-22(29)30-16-31-32(17)19/h8-9,16,18,20-21,33-34H,7,10-14H2,1-6H3,(H2,29,30,31)/t18-,20-,21-,27+,41?/m1/s1. The second-order valence-corrected chi connectivity index (χ2v) is 16.5. The number of rotatable bonds is 12. The zero-order chi connectivity index (χ0) is 32.2. The summed E-state index contributed by atoms with van der Waals surface area (Å²) in [5.74, 6) is 0.770. The summed E-state index contributed by atoms with van der Waals surface area (Å²) in [4.78, 5) is 28.5. The third-order valence-corrected chi connectivity index (χ3v) is 11.2. The van der Waals surface area contributed by atoms with Crippen LogP contribution in [0.25, 0.3) is 5.52 Å². The Morgan fingerprint density at radius 3 is 2.37 bits per heavy atom. The Balaban J connectivity index is 1.72. The lowest BCUT2D eigenvalue weighted by Gasteiger charge is -2.24. The van der Waals surface area contributed by atoms with Gasteiger partial charge in [-0.05, 0) is 18.6 Å². The Kier molecular flexibility index (Phi) is 11.5. The smallest absolute Gasteiger partial charge is 0.330 e. The van der Waals surface area contributed by atoms with Gasteiger partial charge in [0.25, 0.3) is 0 Å². The van der Waals surface area contributed by atoms with Gasteiger partial charge in [-0.3, -0.25) is 14.2 Å². The fourth-order valence-corrected chi connectivity index (χ4v) is 7.72. The average Bonchev–Trinajstić information content (AvgIpc) is 3.47. The number of aromatic nitrogens is 3. The van der Waals surface area contributed by atoms with Crippen molar-refractivity contribution in [3.05, 3.63) is 24.2 Å². The molecule has 0 aromatic carbocycles. The molecule has 5 atom stereocenters. The minimum atomic E-state index is -3.82. The van der Waals surface area contributed by atoms with Crippen molar-refractivity contribution in [1.29, 1.82) is 5.26 Å². The van der Waals surface area contributed by atoms with Gasteiger partial charge in [-0.15, -0.1) is 0 Å². The highest BCUT2D eigenvalue weighted by molar-refractivity contribution is 8.14. The molecule has 0 spiro atoms.